The molecule has 5 nitrogen and oxygen atoms in total. The molecule has 5 heteroatoms. The molecule has 110 valence electrons. The fourth-order valence-electron chi connectivity index (χ4n) is 2.49. The third-order valence-electron chi connectivity index (χ3n) is 3.51. The highest BCUT2D eigenvalue weighted by molar-refractivity contribution is 5.98. The molecule has 1 heterocycles. The van der Waals surface area contributed by atoms with Crippen LogP contribution in [0.4, 0.5) is 0 Å². The first-order valence-corrected chi connectivity index (χ1v) is 6.98. The third kappa shape index (κ3) is 3.13. The van der Waals surface area contributed by atoms with Crippen LogP contribution in [0.25, 0.3) is 0 Å². The number of benzene rings is 1. The van der Waals surface area contributed by atoms with Gasteiger partial charge in [-0.3, -0.25) is 4.79 Å². The van der Waals surface area contributed by atoms with Gasteiger partial charge in [0, 0.05) is 25.2 Å². The van der Waals surface area contributed by atoms with E-state index in [4.69, 9.17) is 14.0 Å². The van der Waals surface area contributed by atoms with Gasteiger partial charge in [0.15, 0.2) is 11.5 Å². The quantitative estimate of drug-likeness (QED) is 0.846. The number of hydrogen-bond acceptors (Lipinski definition) is 5. The zero-order valence-corrected chi connectivity index (χ0v) is 11.9. The zero-order chi connectivity index (χ0) is 14.7. The number of aromatic nitrogens is 1. The topological polar surface area (TPSA) is 61.6 Å². The monoisotopic (exact) mass is 287 g/mol. The number of Topliss-reactive ketones (excluding diaryl/α,β-unsaturated/α-hetero) is 1. The van der Waals surface area contributed by atoms with Gasteiger partial charge < -0.3 is 14.0 Å². The number of carbonyl (C=O) groups excluding carboxylic acids is 1. The van der Waals surface area contributed by atoms with E-state index in [-0.39, 0.29) is 5.78 Å². The summed E-state index contributed by atoms with van der Waals surface area (Å²) in [5, 5.41) is 3.91. The number of carbonyl (C=O) groups is 1. The Morgan fingerprint density at radius 3 is 3.00 bits per heavy atom. The average Bonchev–Trinajstić information content (AvgIpc) is 2.94. The van der Waals surface area contributed by atoms with Gasteiger partial charge in [-0.05, 0) is 30.5 Å². The van der Waals surface area contributed by atoms with Crippen molar-refractivity contribution < 1.29 is 18.8 Å². The lowest BCUT2D eigenvalue weighted by atomic mass is 9.90. The van der Waals surface area contributed by atoms with Crippen LogP contribution in [0.15, 0.2) is 28.8 Å². The maximum Gasteiger partial charge on any atom is 0.163 e. The summed E-state index contributed by atoms with van der Waals surface area (Å²) in [6.45, 7) is 0.695. The Bertz CT molecular complexity index is 647. The summed E-state index contributed by atoms with van der Waals surface area (Å²) in [6, 6.07) is 7.49. The van der Waals surface area contributed by atoms with Crippen molar-refractivity contribution in [3.05, 3.63) is 46.8 Å². The van der Waals surface area contributed by atoms with Crippen LogP contribution in [0.2, 0.25) is 0 Å². The van der Waals surface area contributed by atoms with Crippen molar-refractivity contribution in [1.82, 2.24) is 5.16 Å². The Morgan fingerprint density at radius 1 is 1.24 bits per heavy atom. The molecule has 21 heavy (non-hydrogen) atoms. The van der Waals surface area contributed by atoms with E-state index in [0.29, 0.717) is 36.8 Å². The van der Waals surface area contributed by atoms with Gasteiger partial charge in [-0.2, -0.15) is 0 Å². The smallest absolute Gasteiger partial charge is 0.163 e. The van der Waals surface area contributed by atoms with Crippen LogP contribution in [0, 0.1) is 0 Å². The molecular weight excluding hydrogens is 270 g/mol. The normalized spacial score (nSPS) is 14.0. The lowest BCUT2D eigenvalue weighted by Crippen LogP contribution is -2.10. The number of methoxy groups -OCH3 is 1. The maximum atomic E-state index is 11.9. The number of rotatable bonds is 5. The van der Waals surface area contributed by atoms with Crippen LogP contribution >= 0.6 is 0 Å². The van der Waals surface area contributed by atoms with E-state index in [0.717, 1.165) is 24.0 Å². The summed E-state index contributed by atoms with van der Waals surface area (Å²) in [5.74, 6) is 1.54. The fourth-order valence-corrected chi connectivity index (χ4v) is 2.49. The number of nitrogens with zero attached hydrogens (tertiary/aromatic N) is 1. The van der Waals surface area contributed by atoms with E-state index in [9.17, 15) is 4.79 Å². The summed E-state index contributed by atoms with van der Waals surface area (Å²) in [4.78, 5) is 11.9. The highest BCUT2D eigenvalue weighted by Gasteiger charge is 2.17. The summed E-state index contributed by atoms with van der Waals surface area (Å²) < 4.78 is 15.7. The van der Waals surface area contributed by atoms with Gasteiger partial charge in [0.1, 0.15) is 24.7 Å². The van der Waals surface area contributed by atoms with Gasteiger partial charge >= 0.3 is 0 Å². The summed E-state index contributed by atoms with van der Waals surface area (Å²) in [5.41, 5.74) is 2.60. The molecule has 3 rings (SSSR count). The van der Waals surface area contributed by atoms with Crippen molar-refractivity contribution in [1.29, 1.82) is 0 Å². The molecule has 0 radical (unpaired) electrons. The third-order valence-corrected chi connectivity index (χ3v) is 3.51. The molecular formula is C16H17NO4. The lowest BCUT2D eigenvalue weighted by molar-refractivity contribution is 0.0972. The summed E-state index contributed by atoms with van der Waals surface area (Å²) in [7, 11) is 1.60. The van der Waals surface area contributed by atoms with Crippen molar-refractivity contribution in [3.63, 3.8) is 0 Å². The van der Waals surface area contributed by atoms with Crippen LogP contribution in [-0.2, 0) is 24.4 Å². The second kappa shape index (κ2) is 6.10. The van der Waals surface area contributed by atoms with Gasteiger partial charge in [-0.25, -0.2) is 0 Å². The Balaban J connectivity index is 1.67. The minimum atomic E-state index is 0.200. The van der Waals surface area contributed by atoms with Gasteiger partial charge in [0.25, 0.3) is 0 Å². The van der Waals surface area contributed by atoms with Crippen LogP contribution in [0.1, 0.15) is 40.2 Å². The molecule has 0 atom stereocenters. The largest absolute Gasteiger partial charge is 0.487 e. The van der Waals surface area contributed by atoms with Crippen LogP contribution in [-0.4, -0.2) is 18.0 Å². The molecule has 0 bridgehead atoms. The van der Waals surface area contributed by atoms with Crippen molar-refractivity contribution in [3.8, 4) is 5.75 Å². The molecule has 0 saturated carbocycles. The second-order valence-corrected chi connectivity index (χ2v) is 5.10. The minimum absolute atomic E-state index is 0.200. The molecule has 0 fully saturated rings. The Labute approximate surface area is 122 Å². The Hall–Kier alpha value is -2.14. The molecule has 0 amide bonds. The first-order valence-electron chi connectivity index (χ1n) is 6.98. The molecule has 2 aromatic rings. The van der Waals surface area contributed by atoms with E-state index in [2.05, 4.69) is 5.16 Å². The molecule has 0 spiro atoms. The molecule has 1 aliphatic rings. The predicted octanol–water partition coefficient (Wildman–Crippen LogP) is 2.92. The minimum Gasteiger partial charge on any atom is -0.487 e. The average molecular weight is 287 g/mol. The Kier molecular flexibility index (Phi) is 4.01. The Morgan fingerprint density at radius 2 is 2.14 bits per heavy atom. The van der Waals surface area contributed by atoms with E-state index < -0.39 is 0 Å². The number of ketones is 1. The first-order chi connectivity index (χ1) is 10.3. The van der Waals surface area contributed by atoms with Gasteiger partial charge in [0.2, 0.25) is 0 Å². The molecule has 1 aromatic heterocycles. The molecule has 0 saturated heterocycles. The van der Waals surface area contributed by atoms with Gasteiger partial charge in [-0.15, -0.1) is 0 Å². The number of ether oxygens (including phenoxy) is 2. The molecule has 0 N–H and O–H groups in total. The molecule has 1 aromatic carbocycles. The van der Waals surface area contributed by atoms with E-state index in [1.165, 1.54) is 0 Å². The van der Waals surface area contributed by atoms with Crippen LogP contribution in [0.5, 0.6) is 5.75 Å². The van der Waals surface area contributed by atoms with Crippen LogP contribution < -0.4 is 4.74 Å². The number of hydrogen-bond donors (Lipinski definition) is 0. The second-order valence-electron chi connectivity index (χ2n) is 5.10. The van der Waals surface area contributed by atoms with Crippen molar-refractivity contribution >= 4 is 5.78 Å². The van der Waals surface area contributed by atoms with E-state index >= 15 is 0 Å². The van der Waals surface area contributed by atoms with Crippen LogP contribution in [0.3, 0.4) is 0 Å². The first kappa shape index (κ1) is 13.8. The zero-order valence-electron chi connectivity index (χ0n) is 11.9. The van der Waals surface area contributed by atoms with Gasteiger partial charge in [0.05, 0.1) is 0 Å². The maximum absolute atomic E-state index is 11.9. The van der Waals surface area contributed by atoms with E-state index in [1.807, 2.05) is 18.2 Å². The van der Waals surface area contributed by atoms with Crippen molar-refractivity contribution in [2.45, 2.75) is 32.5 Å². The number of aryl methyl sites for hydroxylation is 1. The van der Waals surface area contributed by atoms with Crippen molar-refractivity contribution in [2.75, 3.05) is 7.11 Å². The van der Waals surface area contributed by atoms with Crippen molar-refractivity contribution in [2.24, 2.45) is 0 Å². The number of fused-ring (bicyclic) bond motifs is 1. The highest BCUT2D eigenvalue weighted by atomic mass is 16.5. The molecule has 1 aliphatic carbocycles. The summed E-state index contributed by atoms with van der Waals surface area (Å²) in [6.07, 6.45) is 2.53. The standard InChI is InChI=1S/C16H17NO4/c1-19-10-14-7-12(17-21-14)9-20-13-6-5-11-3-2-4-16(18)15(11)8-13/h5-8H,2-4,9-10H2,1H3. The molecule has 0 unspecified atom stereocenters. The van der Waals surface area contributed by atoms with E-state index in [1.54, 1.807) is 13.2 Å². The SMILES string of the molecule is COCc1cc(COc2ccc3c(c2)C(=O)CCC3)no1. The predicted molar refractivity (Wildman–Crippen MR) is 75.3 cm³/mol. The lowest BCUT2D eigenvalue weighted by Gasteiger charge is -2.15. The van der Waals surface area contributed by atoms with Gasteiger partial charge in [-0.1, -0.05) is 11.2 Å². The fraction of sp³-hybridized carbons (Fsp3) is 0.375. The molecule has 0 aliphatic heterocycles. The summed E-state index contributed by atoms with van der Waals surface area (Å²) >= 11 is 0. The highest BCUT2D eigenvalue weighted by Crippen LogP contribution is 2.25.